The largest absolute Gasteiger partial charge is 0.508 e. The minimum atomic E-state index is -0.00928. The molecule has 0 saturated heterocycles. The molecule has 64 valence electrons. The molecule has 0 aliphatic carbocycles. The average molecular weight is 229 g/mol. The molecular weight excluding hydrogens is 220 g/mol. The van der Waals surface area contributed by atoms with Crippen LogP contribution < -0.4 is 0 Å². The zero-order valence-electron chi connectivity index (χ0n) is 6.89. The fraction of sp³-hybridized carbons (Fsp3) is 0.222. The van der Waals surface area contributed by atoms with Gasteiger partial charge in [0.1, 0.15) is 5.75 Å². The Balaban J connectivity index is 3.36. The lowest BCUT2D eigenvalue weighted by molar-refractivity contribution is 0.101. The molecular formula is C9H9BrO2. The van der Waals surface area contributed by atoms with E-state index in [0.717, 1.165) is 0 Å². The zero-order chi connectivity index (χ0) is 9.30. The predicted octanol–water partition coefficient (Wildman–Crippen LogP) is 2.67. The first kappa shape index (κ1) is 9.26. The van der Waals surface area contributed by atoms with Crippen LogP contribution in [-0.2, 0) is 0 Å². The number of aromatic hydroxyl groups is 1. The average Bonchev–Trinajstić information content (AvgIpc) is 2.00. The van der Waals surface area contributed by atoms with E-state index in [1.165, 1.54) is 13.0 Å². The molecule has 0 aromatic heterocycles. The molecule has 2 nitrogen and oxygen atoms in total. The number of ketones is 1. The van der Waals surface area contributed by atoms with Crippen molar-refractivity contribution in [1.82, 2.24) is 0 Å². The molecule has 1 rings (SSSR count). The number of hydrogen-bond acceptors (Lipinski definition) is 2. The third kappa shape index (κ3) is 1.50. The summed E-state index contributed by atoms with van der Waals surface area (Å²) in [5, 5.41) is 9.27. The maximum Gasteiger partial charge on any atom is 0.160 e. The summed E-state index contributed by atoms with van der Waals surface area (Å²) >= 11 is 3.25. The number of rotatable bonds is 1. The topological polar surface area (TPSA) is 37.3 Å². The standard InChI is InChI=1S/C9H9BrO2/c1-5-8(12)4-3-7(6(2)11)9(5)10/h3-4,12H,1-2H3. The van der Waals surface area contributed by atoms with Gasteiger partial charge in [0.2, 0.25) is 0 Å². The first-order valence-electron chi connectivity index (χ1n) is 3.53. The molecule has 0 unspecified atom stereocenters. The van der Waals surface area contributed by atoms with Crippen LogP contribution >= 0.6 is 15.9 Å². The van der Waals surface area contributed by atoms with E-state index in [4.69, 9.17) is 0 Å². The van der Waals surface area contributed by atoms with Crippen molar-refractivity contribution >= 4 is 21.7 Å². The summed E-state index contributed by atoms with van der Waals surface area (Å²) in [6.07, 6.45) is 0. The first-order valence-corrected chi connectivity index (χ1v) is 4.32. The molecule has 1 aromatic rings. The van der Waals surface area contributed by atoms with E-state index in [-0.39, 0.29) is 11.5 Å². The van der Waals surface area contributed by atoms with Crippen LogP contribution in [0.3, 0.4) is 0 Å². The molecule has 1 aromatic carbocycles. The quantitative estimate of drug-likeness (QED) is 0.751. The van der Waals surface area contributed by atoms with E-state index in [1.807, 2.05) is 0 Å². The maximum atomic E-state index is 11.0. The van der Waals surface area contributed by atoms with Gasteiger partial charge in [-0.1, -0.05) is 0 Å². The molecule has 0 aliphatic rings. The van der Waals surface area contributed by atoms with Gasteiger partial charge in [0.15, 0.2) is 5.78 Å². The highest BCUT2D eigenvalue weighted by Crippen LogP contribution is 2.28. The van der Waals surface area contributed by atoms with E-state index in [0.29, 0.717) is 15.6 Å². The molecule has 12 heavy (non-hydrogen) atoms. The van der Waals surface area contributed by atoms with Crippen LogP contribution in [0.1, 0.15) is 22.8 Å². The van der Waals surface area contributed by atoms with Gasteiger partial charge in [-0.2, -0.15) is 0 Å². The Morgan fingerprint density at radius 3 is 2.58 bits per heavy atom. The lowest BCUT2D eigenvalue weighted by Crippen LogP contribution is -1.94. The molecule has 0 aliphatic heterocycles. The Labute approximate surface area is 79.3 Å². The number of phenolic OH excluding ortho intramolecular Hbond substituents is 1. The van der Waals surface area contributed by atoms with Crippen LogP contribution in [-0.4, -0.2) is 10.9 Å². The second kappa shape index (κ2) is 3.27. The smallest absolute Gasteiger partial charge is 0.160 e. The number of phenols is 1. The van der Waals surface area contributed by atoms with Crippen molar-refractivity contribution < 1.29 is 9.90 Å². The highest BCUT2D eigenvalue weighted by molar-refractivity contribution is 9.10. The summed E-state index contributed by atoms with van der Waals surface area (Å²) in [5.41, 5.74) is 1.30. The highest BCUT2D eigenvalue weighted by atomic mass is 79.9. The van der Waals surface area contributed by atoms with Crippen molar-refractivity contribution in [3.8, 4) is 5.75 Å². The first-order chi connectivity index (χ1) is 5.54. The molecule has 3 heteroatoms. The van der Waals surface area contributed by atoms with Crippen molar-refractivity contribution in [3.05, 3.63) is 27.7 Å². The Hall–Kier alpha value is -0.830. The summed E-state index contributed by atoms with van der Waals surface area (Å²) < 4.78 is 0.676. The van der Waals surface area contributed by atoms with Gasteiger partial charge in [-0.25, -0.2) is 0 Å². The Kier molecular flexibility index (Phi) is 2.52. The van der Waals surface area contributed by atoms with Crippen LogP contribution in [0.25, 0.3) is 0 Å². The number of hydrogen-bond donors (Lipinski definition) is 1. The SMILES string of the molecule is CC(=O)c1ccc(O)c(C)c1Br. The van der Waals surface area contributed by atoms with E-state index in [9.17, 15) is 9.90 Å². The molecule has 0 heterocycles. The molecule has 0 amide bonds. The molecule has 0 bridgehead atoms. The van der Waals surface area contributed by atoms with E-state index in [1.54, 1.807) is 13.0 Å². The summed E-state index contributed by atoms with van der Waals surface area (Å²) in [6.45, 7) is 3.25. The minimum absolute atomic E-state index is 0.00928. The molecule has 0 fully saturated rings. The summed E-state index contributed by atoms with van der Waals surface area (Å²) in [7, 11) is 0. The molecule has 0 spiro atoms. The second-order valence-electron chi connectivity index (χ2n) is 2.63. The molecule has 0 atom stereocenters. The Bertz CT molecular complexity index is 332. The predicted molar refractivity (Wildman–Crippen MR) is 50.5 cm³/mol. The van der Waals surface area contributed by atoms with Gasteiger partial charge in [-0.05, 0) is 41.9 Å². The lowest BCUT2D eigenvalue weighted by Gasteiger charge is -2.05. The number of benzene rings is 1. The van der Waals surface area contributed by atoms with Crippen molar-refractivity contribution in [2.24, 2.45) is 0 Å². The molecule has 1 N–H and O–H groups in total. The molecule has 0 saturated carbocycles. The van der Waals surface area contributed by atoms with Crippen molar-refractivity contribution in [1.29, 1.82) is 0 Å². The number of carbonyl (C=O) groups is 1. The van der Waals surface area contributed by atoms with Crippen LogP contribution in [0.5, 0.6) is 5.75 Å². The van der Waals surface area contributed by atoms with Gasteiger partial charge in [0.05, 0.1) is 0 Å². The summed E-state index contributed by atoms with van der Waals surface area (Å²) in [6, 6.07) is 3.13. The number of Topliss-reactive ketones (excluding diaryl/α,β-unsaturated/α-hetero) is 1. The third-order valence-corrected chi connectivity index (χ3v) is 2.76. The van der Waals surface area contributed by atoms with Gasteiger partial charge >= 0.3 is 0 Å². The van der Waals surface area contributed by atoms with Gasteiger partial charge in [0.25, 0.3) is 0 Å². The summed E-state index contributed by atoms with van der Waals surface area (Å²) in [5.74, 6) is 0.192. The van der Waals surface area contributed by atoms with Crippen LogP contribution in [0, 0.1) is 6.92 Å². The minimum Gasteiger partial charge on any atom is -0.508 e. The third-order valence-electron chi connectivity index (χ3n) is 1.74. The van der Waals surface area contributed by atoms with Gasteiger partial charge < -0.3 is 5.11 Å². The Morgan fingerprint density at radius 2 is 2.08 bits per heavy atom. The van der Waals surface area contributed by atoms with Crippen LogP contribution in [0.2, 0.25) is 0 Å². The molecule has 0 radical (unpaired) electrons. The van der Waals surface area contributed by atoms with Gasteiger partial charge in [-0.3, -0.25) is 4.79 Å². The number of carbonyl (C=O) groups excluding carboxylic acids is 1. The number of halogens is 1. The maximum absolute atomic E-state index is 11.0. The van der Waals surface area contributed by atoms with Crippen molar-refractivity contribution in [2.45, 2.75) is 13.8 Å². The second-order valence-corrected chi connectivity index (χ2v) is 3.42. The van der Waals surface area contributed by atoms with E-state index >= 15 is 0 Å². The fourth-order valence-electron chi connectivity index (χ4n) is 0.947. The highest BCUT2D eigenvalue weighted by Gasteiger charge is 2.09. The van der Waals surface area contributed by atoms with Crippen LogP contribution in [0.15, 0.2) is 16.6 Å². The zero-order valence-corrected chi connectivity index (χ0v) is 8.47. The fourth-order valence-corrected chi connectivity index (χ4v) is 1.56. The monoisotopic (exact) mass is 228 g/mol. The Morgan fingerprint density at radius 1 is 1.50 bits per heavy atom. The van der Waals surface area contributed by atoms with Gasteiger partial charge in [0, 0.05) is 15.6 Å². The summed E-state index contributed by atoms with van der Waals surface area (Å²) in [4.78, 5) is 11.0. The van der Waals surface area contributed by atoms with Crippen molar-refractivity contribution in [3.63, 3.8) is 0 Å². The normalized spacial score (nSPS) is 9.92. The van der Waals surface area contributed by atoms with E-state index < -0.39 is 0 Å². The van der Waals surface area contributed by atoms with Gasteiger partial charge in [-0.15, -0.1) is 0 Å². The van der Waals surface area contributed by atoms with Crippen molar-refractivity contribution in [2.75, 3.05) is 0 Å². The lowest BCUT2D eigenvalue weighted by atomic mass is 10.1. The van der Waals surface area contributed by atoms with Crippen LogP contribution in [0.4, 0.5) is 0 Å². The van der Waals surface area contributed by atoms with E-state index in [2.05, 4.69) is 15.9 Å².